The summed E-state index contributed by atoms with van der Waals surface area (Å²) in [5.74, 6) is -0.997. The van der Waals surface area contributed by atoms with Crippen LogP contribution in [0.25, 0.3) is 0 Å². The number of rotatable bonds is 6. The largest absolute Gasteiger partial charge is 0.451 e. The molecule has 2 aromatic carbocycles. The molecule has 2 rings (SSSR count). The summed E-state index contributed by atoms with van der Waals surface area (Å²) in [6, 6.07) is 15.5. The number of ether oxygens (including phenoxy) is 1. The van der Waals surface area contributed by atoms with Gasteiger partial charge in [-0.05, 0) is 55.5 Å². The van der Waals surface area contributed by atoms with Crippen LogP contribution in [0, 0.1) is 22.7 Å². The minimum absolute atomic E-state index is 0.237. The summed E-state index contributed by atoms with van der Waals surface area (Å²) in [5.41, 5.74) is 3.30. The number of anilines is 1. The molecule has 0 amide bonds. The highest BCUT2D eigenvalue weighted by atomic mass is 35.5. The Hall–Kier alpha value is -3.68. The Morgan fingerprint density at radius 2 is 1.59 bits per heavy atom. The van der Waals surface area contributed by atoms with Crippen molar-refractivity contribution < 1.29 is 14.3 Å². The number of nitrogens with zero attached hydrogens (tertiary/aromatic N) is 3. The fraction of sp³-hybridized carbons (Fsp3) is 0.105. The first kappa shape index (κ1) is 19.6. The number of hydrogen-bond donors (Lipinski definition) is 1. The number of esters is 1. The van der Waals surface area contributed by atoms with Crippen LogP contribution < -0.4 is 5.43 Å². The molecule has 1 N–H and O–H groups in total. The molecule has 0 aliphatic rings. The summed E-state index contributed by atoms with van der Waals surface area (Å²) in [4.78, 5) is 24.5. The van der Waals surface area contributed by atoms with Gasteiger partial charge in [-0.15, -0.1) is 0 Å². The number of hydrazone groups is 1. The van der Waals surface area contributed by atoms with E-state index in [1.165, 1.54) is 31.2 Å². The molecule has 0 heterocycles. The second-order valence-corrected chi connectivity index (χ2v) is 5.73. The third-order valence-corrected chi connectivity index (χ3v) is 3.66. The van der Waals surface area contributed by atoms with Crippen LogP contribution in [-0.4, -0.2) is 23.6 Å². The van der Waals surface area contributed by atoms with E-state index in [0.29, 0.717) is 16.3 Å². The van der Waals surface area contributed by atoms with Crippen molar-refractivity contribution >= 4 is 34.8 Å². The third kappa shape index (κ3) is 5.40. The van der Waals surface area contributed by atoms with Crippen molar-refractivity contribution in [2.24, 2.45) is 5.10 Å². The van der Waals surface area contributed by atoms with Crippen molar-refractivity contribution in [3.05, 3.63) is 64.7 Å². The number of benzene rings is 2. The molecule has 0 aromatic heterocycles. The Morgan fingerprint density at radius 3 is 2.15 bits per heavy atom. The standard InChI is InChI=1S/C19H13ClN4O3/c1-12(18(25)13-2-6-15(20)7-3-13)27-19(26)14-4-8-16(9-5-14)23-24-17(10-21)11-22/h2-9,12,23H,1H3. The predicted octanol–water partition coefficient (Wildman–Crippen LogP) is 3.58. The maximum Gasteiger partial charge on any atom is 0.338 e. The highest BCUT2D eigenvalue weighted by molar-refractivity contribution is 6.30. The van der Waals surface area contributed by atoms with Crippen molar-refractivity contribution in [1.82, 2.24) is 0 Å². The molecule has 0 radical (unpaired) electrons. The summed E-state index contributed by atoms with van der Waals surface area (Å²) < 4.78 is 5.20. The number of hydrogen-bond acceptors (Lipinski definition) is 7. The van der Waals surface area contributed by atoms with Gasteiger partial charge < -0.3 is 4.74 Å². The molecule has 0 fully saturated rings. The highest BCUT2D eigenvalue weighted by Crippen LogP contribution is 2.15. The smallest absolute Gasteiger partial charge is 0.338 e. The van der Waals surface area contributed by atoms with Crippen molar-refractivity contribution in [2.75, 3.05) is 5.43 Å². The van der Waals surface area contributed by atoms with E-state index in [4.69, 9.17) is 26.9 Å². The van der Waals surface area contributed by atoms with E-state index in [2.05, 4.69) is 10.5 Å². The SMILES string of the molecule is CC(OC(=O)c1ccc(NN=C(C#N)C#N)cc1)C(=O)c1ccc(Cl)cc1. The Balaban J connectivity index is 2.00. The second kappa shape index (κ2) is 9.14. The molecule has 0 saturated carbocycles. The van der Waals surface area contributed by atoms with E-state index < -0.39 is 12.1 Å². The molecule has 0 aliphatic carbocycles. The van der Waals surface area contributed by atoms with Gasteiger partial charge in [0.1, 0.15) is 12.1 Å². The van der Waals surface area contributed by atoms with E-state index in [1.54, 1.807) is 36.4 Å². The first-order valence-electron chi connectivity index (χ1n) is 7.69. The average molecular weight is 381 g/mol. The van der Waals surface area contributed by atoms with Crippen molar-refractivity contribution in [3.63, 3.8) is 0 Å². The minimum Gasteiger partial charge on any atom is -0.451 e. The molecule has 0 saturated heterocycles. The van der Waals surface area contributed by atoms with Gasteiger partial charge in [0.05, 0.1) is 11.3 Å². The molecule has 8 heteroatoms. The zero-order chi connectivity index (χ0) is 19.8. The zero-order valence-corrected chi connectivity index (χ0v) is 14.9. The number of nitrogens with one attached hydrogen (secondary N) is 1. The lowest BCUT2D eigenvalue weighted by Gasteiger charge is -2.12. The van der Waals surface area contributed by atoms with Gasteiger partial charge in [0.15, 0.2) is 6.10 Å². The Bertz CT molecular complexity index is 938. The number of halogens is 1. The van der Waals surface area contributed by atoms with Crippen molar-refractivity contribution in [1.29, 1.82) is 10.5 Å². The van der Waals surface area contributed by atoms with E-state index >= 15 is 0 Å². The summed E-state index contributed by atoms with van der Waals surface area (Å²) in [5, 5.41) is 21.3. The molecule has 0 bridgehead atoms. The van der Waals surface area contributed by atoms with Crippen LogP contribution in [0.4, 0.5) is 5.69 Å². The third-order valence-electron chi connectivity index (χ3n) is 3.41. The lowest BCUT2D eigenvalue weighted by molar-refractivity contribution is 0.0319. The second-order valence-electron chi connectivity index (χ2n) is 5.29. The van der Waals surface area contributed by atoms with Gasteiger partial charge in [0.25, 0.3) is 0 Å². The van der Waals surface area contributed by atoms with E-state index in [9.17, 15) is 9.59 Å². The van der Waals surface area contributed by atoms with Crippen LogP contribution in [0.15, 0.2) is 53.6 Å². The first-order chi connectivity index (χ1) is 12.9. The number of ketones is 1. The minimum atomic E-state index is -0.963. The molecule has 0 aliphatic heterocycles. The quantitative estimate of drug-likeness (QED) is 0.354. The average Bonchev–Trinajstić information content (AvgIpc) is 2.69. The highest BCUT2D eigenvalue weighted by Gasteiger charge is 2.20. The number of carbonyl (C=O) groups is 2. The van der Waals surface area contributed by atoms with Gasteiger partial charge in [-0.3, -0.25) is 10.2 Å². The van der Waals surface area contributed by atoms with Crippen LogP contribution in [0.5, 0.6) is 0 Å². The van der Waals surface area contributed by atoms with Crippen LogP contribution in [0.3, 0.4) is 0 Å². The summed E-state index contributed by atoms with van der Waals surface area (Å²) in [6.07, 6.45) is -0.963. The fourth-order valence-corrected chi connectivity index (χ4v) is 2.13. The zero-order valence-electron chi connectivity index (χ0n) is 14.1. The van der Waals surface area contributed by atoms with Gasteiger partial charge >= 0.3 is 5.97 Å². The van der Waals surface area contributed by atoms with Crippen LogP contribution >= 0.6 is 11.6 Å². The van der Waals surface area contributed by atoms with Gasteiger partial charge in [0, 0.05) is 10.6 Å². The first-order valence-corrected chi connectivity index (χ1v) is 8.07. The molecular formula is C19H13ClN4O3. The van der Waals surface area contributed by atoms with Crippen LogP contribution in [0.2, 0.25) is 5.02 Å². The molecule has 2 aromatic rings. The van der Waals surface area contributed by atoms with Gasteiger partial charge in [-0.25, -0.2) is 4.79 Å². The molecular weight excluding hydrogens is 368 g/mol. The molecule has 7 nitrogen and oxygen atoms in total. The van der Waals surface area contributed by atoms with Gasteiger partial charge in [-0.1, -0.05) is 11.6 Å². The Kier molecular flexibility index (Phi) is 6.65. The normalized spacial score (nSPS) is 10.7. The number of Topliss-reactive ketones (excluding diaryl/α,β-unsaturated/α-hetero) is 1. The van der Waals surface area contributed by atoms with Gasteiger partial charge in [0.2, 0.25) is 11.5 Å². The van der Waals surface area contributed by atoms with Gasteiger partial charge in [-0.2, -0.15) is 15.6 Å². The molecule has 134 valence electrons. The predicted molar refractivity (Wildman–Crippen MR) is 99.4 cm³/mol. The van der Waals surface area contributed by atoms with E-state index in [0.717, 1.165) is 0 Å². The Labute approximate surface area is 160 Å². The van der Waals surface area contributed by atoms with Crippen molar-refractivity contribution in [3.8, 4) is 12.1 Å². The summed E-state index contributed by atoms with van der Waals surface area (Å²) in [7, 11) is 0. The maximum atomic E-state index is 12.3. The monoisotopic (exact) mass is 380 g/mol. The lowest BCUT2D eigenvalue weighted by Crippen LogP contribution is -2.24. The summed E-state index contributed by atoms with van der Waals surface area (Å²) in [6.45, 7) is 1.49. The number of carbonyl (C=O) groups excluding carboxylic acids is 2. The molecule has 27 heavy (non-hydrogen) atoms. The summed E-state index contributed by atoms with van der Waals surface area (Å²) >= 11 is 5.79. The fourth-order valence-electron chi connectivity index (χ4n) is 2.01. The van der Waals surface area contributed by atoms with Crippen LogP contribution in [-0.2, 0) is 4.74 Å². The maximum absolute atomic E-state index is 12.3. The molecule has 0 spiro atoms. The Morgan fingerprint density at radius 1 is 1.04 bits per heavy atom. The van der Waals surface area contributed by atoms with E-state index in [1.807, 2.05) is 0 Å². The lowest BCUT2D eigenvalue weighted by atomic mass is 10.1. The van der Waals surface area contributed by atoms with Crippen LogP contribution in [0.1, 0.15) is 27.6 Å². The van der Waals surface area contributed by atoms with E-state index in [-0.39, 0.29) is 17.1 Å². The molecule has 1 atom stereocenters. The number of nitriles is 2. The topological polar surface area (TPSA) is 115 Å². The van der Waals surface area contributed by atoms with Crippen molar-refractivity contribution in [2.45, 2.75) is 13.0 Å². The molecule has 1 unspecified atom stereocenters.